The molecule has 1 saturated heterocycles. The van der Waals surface area contributed by atoms with Crippen molar-refractivity contribution in [3.8, 4) is 0 Å². The van der Waals surface area contributed by atoms with Gasteiger partial charge in [0.05, 0.1) is 0 Å². The zero-order valence-electron chi connectivity index (χ0n) is 9.67. The van der Waals surface area contributed by atoms with Crippen LogP contribution >= 0.6 is 0 Å². The Labute approximate surface area is 92.2 Å². The Balaban J connectivity index is 1.88. The van der Waals surface area contributed by atoms with Crippen LogP contribution in [-0.4, -0.2) is 42.9 Å². The summed E-state index contributed by atoms with van der Waals surface area (Å²) in [4.78, 5) is 14.0. The molecule has 0 amide bonds. The van der Waals surface area contributed by atoms with Crippen LogP contribution in [0.2, 0.25) is 0 Å². The van der Waals surface area contributed by atoms with Crippen LogP contribution in [-0.2, 0) is 4.79 Å². The van der Waals surface area contributed by atoms with Crippen LogP contribution < -0.4 is 5.32 Å². The third kappa shape index (κ3) is 2.79. The number of Topliss-reactive ketones (excluding diaryl/α,β-unsaturated/α-hetero) is 1. The van der Waals surface area contributed by atoms with Gasteiger partial charge in [-0.25, -0.2) is 0 Å². The van der Waals surface area contributed by atoms with Gasteiger partial charge in [-0.3, -0.25) is 9.69 Å². The van der Waals surface area contributed by atoms with Crippen LogP contribution in [0, 0.1) is 5.92 Å². The van der Waals surface area contributed by atoms with E-state index in [0.29, 0.717) is 17.7 Å². The van der Waals surface area contributed by atoms with Crippen molar-refractivity contribution in [3.63, 3.8) is 0 Å². The first-order chi connectivity index (χ1) is 7.27. The molecular weight excluding hydrogens is 188 g/mol. The molecule has 86 valence electrons. The first kappa shape index (κ1) is 11.1. The molecule has 0 bridgehead atoms. The Morgan fingerprint density at radius 2 is 2.00 bits per heavy atom. The Morgan fingerprint density at radius 3 is 2.67 bits per heavy atom. The number of nitrogens with one attached hydrogen (secondary N) is 1. The predicted octanol–water partition coefficient (Wildman–Crippen LogP) is 1.04. The maximum absolute atomic E-state index is 11.4. The van der Waals surface area contributed by atoms with Gasteiger partial charge >= 0.3 is 0 Å². The lowest BCUT2D eigenvalue weighted by Gasteiger charge is -2.39. The Bertz CT molecular complexity index is 224. The number of carbonyl (C=O) groups is 1. The summed E-state index contributed by atoms with van der Waals surface area (Å²) >= 11 is 0. The molecule has 0 aromatic heterocycles. The molecule has 1 aliphatic carbocycles. The second-order valence-electron chi connectivity index (χ2n) is 4.91. The molecular formula is C12H22N2O. The van der Waals surface area contributed by atoms with Crippen LogP contribution in [0.4, 0.5) is 0 Å². The van der Waals surface area contributed by atoms with Crippen LogP contribution in [0.5, 0.6) is 0 Å². The summed E-state index contributed by atoms with van der Waals surface area (Å²) in [7, 11) is 0. The van der Waals surface area contributed by atoms with Crippen molar-refractivity contribution in [1.29, 1.82) is 0 Å². The summed E-state index contributed by atoms with van der Waals surface area (Å²) in [6.45, 7) is 6.30. The molecule has 2 fully saturated rings. The van der Waals surface area contributed by atoms with E-state index in [1.165, 1.54) is 12.8 Å². The summed E-state index contributed by atoms with van der Waals surface area (Å²) in [6, 6.07) is 0.676. The largest absolute Gasteiger partial charge is 0.314 e. The number of ketones is 1. The van der Waals surface area contributed by atoms with E-state index in [1.807, 2.05) is 0 Å². The maximum atomic E-state index is 11.4. The molecule has 1 aliphatic heterocycles. The van der Waals surface area contributed by atoms with Crippen molar-refractivity contribution < 1.29 is 4.79 Å². The van der Waals surface area contributed by atoms with Crippen molar-refractivity contribution in [2.24, 2.45) is 5.92 Å². The van der Waals surface area contributed by atoms with Crippen LogP contribution in [0.1, 0.15) is 32.6 Å². The topological polar surface area (TPSA) is 32.3 Å². The number of carbonyl (C=O) groups excluding carboxylic acids is 1. The number of hydrogen-bond donors (Lipinski definition) is 1. The van der Waals surface area contributed by atoms with Gasteiger partial charge in [-0.1, -0.05) is 6.42 Å². The molecule has 15 heavy (non-hydrogen) atoms. The molecule has 0 unspecified atom stereocenters. The molecule has 2 atom stereocenters. The predicted molar refractivity (Wildman–Crippen MR) is 60.9 cm³/mol. The highest BCUT2D eigenvalue weighted by molar-refractivity contribution is 5.78. The van der Waals surface area contributed by atoms with E-state index in [0.717, 1.165) is 39.0 Å². The molecule has 0 aromatic rings. The molecule has 1 saturated carbocycles. The van der Waals surface area contributed by atoms with Gasteiger partial charge in [-0.2, -0.15) is 0 Å². The first-order valence-corrected chi connectivity index (χ1v) is 6.22. The number of rotatable bonds is 2. The maximum Gasteiger partial charge on any atom is 0.132 e. The van der Waals surface area contributed by atoms with Crippen molar-refractivity contribution in [1.82, 2.24) is 10.2 Å². The van der Waals surface area contributed by atoms with Crippen molar-refractivity contribution in [3.05, 3.63) is 0 Å². The standard InChI is InChI=1S/C12H22N2O/c1-10(15)11-3-2-4-12(9-11)14-7-5-13-6-8-14/h11-13H,2-9H2,1H3/t11-,12+/m1/s1. The molecule has 0 aromatic carbocycles. The lowest BCUT2D eigenvalue weighted by atomic mass is 9.82. The van der Waals surface area contributed by atoms with E-state index in [-0.39, 0.29) is 0 Å². The van der Waals surface area contributed by atoms with Crippen molar-refractivity contribution in [2.75, 3.05) is 26.2 Å². The van der Waals surface area contributed by atoms with Gasteiger partial charge in [0.15, 0.2) is 0 Å². The van der Waals surface area contributed by atoms with Gasteiger partial charge in [-0.05, 0) is 26.2 Å². The normalized spacial score (nSPS) is 33.9. The summed E-state index contributed by atoms with van der Waals surface area (Å²) in [5, 5.41) is 3.38. The highest BCUT2D eigenvalue weighted by atomic mass is 16.1. The highest BCUT2D eigenvalue weighted by Crippen LogP contribution is 2.28. The van der Waals surface area contributed by atoms with E-state index in [1.54, 1.807) is 6.92 Å². The quantitative estimate of drug-likeness (QED) is 0.739. The smallest absolute Gasteiger partial charge is 0.132 e. The van der Waals surface area contributed by atoms with E-state index in [2.05, 4.69) is 10.2 Å². The minimum absolute atomic E-state index is 0.346. The van der Waals surface area contributed by atoms with Gasteiger partial charge in [0.1, 0.15) is 5.78 Å². The van der Waals surface area contributed by atoms with Gasteiger partial charge in [0.2, 0.25) is 0 Å². The van der Waals surface area contributed by atoms with Gasteiger partial charge < -0.3 is 5.32 Å². The monoisotopic (exact) mass is 210 g/mol. The van der Waals surface area contributed by atoms with Crippen molar-refractivity contribution >= 4 is 5.78 Å². The molecule has 3 heteroatoms. The zero-order chi connectivity index (χ0) is 10.7. The molecule has 2 rings (SSSR count). The third-order valence-corrected chi connectivity index (χ3v) is 3.89. The lowest BCUT2D eigenvalue weighted by Crippen LogP contribution is -2.50. The number of nitrogens with zero attached hydrogens (tertiary/aromatic N) is 1. The van der Waals surface area contributed by atoms with Crippen molar-refractivity contribution in [2.45, 2.75) is 38.6 Å². The van der Waals surface area contributed by atoms with E-state index in [4.69, 9.17) is 0 Å². The average molecular weight is 210 g/mol. The fraction of sp³-hybridized carbons (Fsp3) is 0.917. The van der Waals surface area contributed by atoms with Gasteiger partial charge in [-0.15, -0.1) is 0 Å². The Kier molecular flexibility index (Phi) is 3.76. The second kappa shape index (κ2) is 5.08. The number of piperazine rings is 1. The third-order valence-electron chi connectivity index (χ3n) is 3.89. The van der Waals surface area contributed by atoms with Gasteiger partial charge in [0.25, 0.3) is 0 Å². The minimum atomic E-state index is 0.346. The van der Waals surface area contributed by atoms with E-state index in [9.17, 15) is 4.79 Å². The second-order valence-corrected chi connectivity index (χ2v) is 4.91. The molecule has 0 spiro atoms. The summed E-state index contributed by atoms with van der Waals surface area (Å²) in [5.74, 6) is 0.744. The minimum Gasteiger partial charge on any atom is -0.314 e. The Hall–Kier alpha value is -0.410. The summed E-state index contributed by atoms with van der Waals surface area (Å²) < 4.78 is 0. The Morgan fingerprint density at radius 1 is 1.27 bits per heavy atom. The number of hydrogen-bond acceptors (Lipinski definition) is 3. The van der Waals surface area contributed by atoms with E-state index >= 15 is 0 Å². The lowest BCUT2D eigenvalue weighted by molar-refractivity contribution is -0.122. The molecule has 2 aliphatic rings. The SMILES string of the molecule is CC(=O)[C@@H]1CCC[C@H](N2CCNCC2)C1. The van der Waals surface area contributed by atoms with Crippen LogP contribution in [0.15, 0.2) is 0 Å². The van der Waals surface area contributed by atoms with Crippen LogP contribution in [0.25, 0.3) is 0 Å². The van der Waals surface area contributed by atoms with E-state index < -0.39 is 0 Å². The molecule has 1 heterocycles. The zero-order valence-corrected chi connectivity index (χ0v) is 9.67. The first-order valence-electron chi connectivity index (χ1n) is 6.22. The average Bonchev–Trinajstić information content (AvgIpc) is 2.30. The summed E-state index contributed by atoms with van der Waals surface area (Å²) in [6.07, 6.45) is 4.76. The molecule has 3 nitrogen and oxygen atoms in total. The highest BCUT2D eigenvalue weighted by Gasteiger charge is 2.29. The van der Waals surface area contributed by atoms with Crippen LogP contribution in [0.3, 0.4) is 0 Å². The fourth-order valence-corrected chi connectivity index (χ4v) is 2.91. The fourth-order valence-electron chi connectivity index (χ4n) is 2.91. The molecule has 0 radical (unpaired) electrons. The summed E-state index contributed by atoms with van der Waals surface area (Å²) in [5.41, 5.74) is 0. The molecule has 1 N–H and O–H groups in total. The van der Waals surface area contributed by atoms with Gasteiger partial charge in [0, 0.05) is 38.1 Å².